The van der Waals surface area contributed by atoms with Gasteiger partial charge in [-0.2, -0.15) is 0 Å². The van der Waals surface area contributed by atoms with Gasteiger partial charge in [0.15, 0.2) is 0 Å². The molecule has 0 aromatic heterocycles. The molecule has 0 aromatic carbocycles. The third-order valence-corrected chi connectivity index (χ3v) is 1.44. The highest BCUT2D eigenvalue weighted by Gasteiger charge is 2.07. The average Bonchev–Trinajstić information content (AvgIpc) is 2.10. The molecule has 7 nitrogen and oxygen atoms in total. The lowest BCUT2D eigenvalue weighted by molar-refractivity contribution is -0.311. The van der Waals surface area contributed by atoms with Crippen LogP contribution >= 0.6 is 0 Å². The third kappa shape index (κ3) is 14.9. The van der Waals surface area contributed by atoms with E-state index in [9.17, 15) is 9.90 Å². The van der Waals surface area contributed by atoms with Crippen molar-refractivity contribution in [3.8, 4) is 0 Å². The van der Waals surface area contributed by atoms with Crippen LogP contribution in [0.3, 0.4) is 0 Å². The molecule has 16 heavy (non-hydrogen) atoms. The quantitative estimate of drug-likeness (QED) is 0.412. The summed E-state index contributed by atoms with van der Waals surface area (Å²) < 4.78 is 0. The number of nitrogens with zero attached hydrogens (tertiary/aromatic N) is 1. The molecule has 94 valence electrons. The van der Waals surface area contributed by atoms with E-state index in [1.165, 1.54) is 0 Å². The summed E-state index contributed by atoms with van der Waals surface area (Å²) in [6, 6.07) is 0. The molecule has 0 aromatic rings. The Morgan fingerprint density at radius 2 is 2.00 bits per heavy atom. The van der Waals surface area contributed by atoms with Gasteiger partial charge in [0.25, 0.3) is 0 Å². The molecule has 1 atom stereocenters. The van der Waals surface area contributed by atoms with Crippen LogP contribution < -0.4 is 10.5 Å². The zero-order valence-electron chi connectivity index (χ0n) is 10.3. The summed E-state index contributed by atoms with van der Waals surface area (Å²) >= 11 is 0. The molecular formula is C9H18N2O5. The number of carboxylic acids is 1. The van der Waals surface area contributed by atoms with Gasteiger partial charge in [0.1, 0.15) is 0 Å². The van der Waals surface area contributed by atoms with Gasteiger partial charge in [-0.1, -0.05) is 6.08 Å². The summed E-state index contributed by atoms with van der Waals surface area (Å²) in [7, 11) is 3.61. The molecule has 0 saturated carbocycles. The maximum absolute atomic E-state index is 10.5. The van der Waals surface area contributed by atoms with E-state index in [1.54, 1.807) is 25.2 Å². The van der Waals surface area contributed by atoms with Crippen molar-refractivity contribution in [3.05, 3.63) is 12.7 Å². The van der Waals surface area contributed by atoms with E-state index in [0.717, 1.165) is 0 Å². The highest BCUT2D eigenvalue weighted by Crippen LogP contribution is 2.00. The summed E-state index contributed by atoms with van der Waals surface area (Å²) in [6.07, 6.45) is 0.182. The van der Waals surface area contributed by atoms with E-state index in [-0.39, 0.29) is 1.43 Å². The monoisotopic (exact) mass is 234 g/mol. The maximum Gasteiger partial charge on any atom is 1.00 e. The molecule has 0 radical (unpaired) electrons. The Morgan fingerprint density at radius 3 is 2.25 bits per heavy atom. The molecule has 0 rings (SSSR count). The van der Waals surface area contributed by atoms with Gasteiger partial charge < -0.3 is 20.1 Å². The standard InChI is InChI=1S/C8H16N2O2.CH2O3/c1-4-5-7(8(11)12)6-9-10(2)3;2-1(3)4/h4,7,9H,1,5-6H2,2-3H3,(H,11,12);(H2,2,3,4). The SMILES string of the molecule is C=CCC(CNN(C)C)C(=O)[O-].O=C(O)O.[H+]. The highest BCUT2D eigenvalue weighted by molar-refractivity contribution is 5.68. The number of allylic oxidation sites excluding steroid dienone is 1. The number of rotatable bonds is 6. The van der Waals surface area contributed by atoms with Crippen LogP contribution in [-0.2, 0) is 4.79 Å². The van der Waals surface area contributed by atoms with E-state index in [2.05, 4.69) is 12.0 Å². The lowest BCUT2D eigenvalue weighted by Gasteiger charge is -2.19. The van der Waals surface area contributed by atoms with Crippen LogP contribution in [0.15, 0.2) is 12.7 Å². The minimum absolute atomic E-state index is 0. The summed E-state index contributed by atoms with van der Waals surface area (Å²) in [6.45, 7) is 3.85. The smallest absolute Gasteiger partial charge is 0.550 e. The number of aliphatic carboxylic acids is 1. The first-order valence-corrected chi connectivity index (χ1v) is 4.45. The van der Waals surface area contributed by atoms with E-state index in [1.807, 2.05) is 0 Å². The van der Waals surface area contributed by atoms with Crippen molar-refractivity contribution in [3.63, 3.8) is 0 Å². The molecule has 0 fully saturated rings. The second-order valence-electron chi connectivity index (χ2n) is 3.08. The van der Waals surface area contributed by atoms with Gasteiger partial charge in [0.2, 0.25) is 0 Å². The predicted octanol–water partition coefficient (Wildman–Crippen LogP) is -0.670. The Kier molecular flexibility index (Phi) is 10.4. The molecule has 0 saturated heterocycles. The third-order valence-electron chi connectivity index (χ3n) is 1.44. The largest absolute Gasteiger partial charge is 1.00 e. The Labute approximate surface area is 95.4 Å². The van der Waals surface area contributed by atoms with Crippen molar-refractivity contribution in [1.29, 1.82) is 0 Å². The summed E-state index contributed by atoms with van der Waals surface area (Å²) in [5.41, 5.74) is 2.88. The van der Waals surface area contributed by atoms with Gasteiger partial charge in [0.05, 0.1) is 0 Å². The normalized spacial score (nSPS) is 11.2. The minimum Gasteiger partial charge on any atom is -0.550 e. The van der Waals surface area contributed by atoms with Crippen LogP contribution in [0, 0.1) is 5.92 Å². The van der Waals surface area contributed by atoms with Crippen LogP contribution in [-0.4, -0.2) is 48.0 Å². The lowest BCUT2D eigenvalue weighted by Crippen LogP contribution is -2.41. The topological polar surface area (TPSA) is 113 Å². The van der Waals surface area contributed by atoms with Crippen LogP contribution in [0.2, 0.25) is 0 Å². The zero-order valence-corrected chi connectivity index (χ0v) is 9.34. The Morgan fingerprint density at radius 1 is 1.56 bits per heavy atom. The summed E-state index contributed by atoms with van der Waals surface area (Å²) in [4.78, 5) is 19.0. The molecular weight excluding hydrogens is 216 g/mol. The van der Waals surface area contributed by atoms with Crippen LogP contribution in [0.4, 0.5) is 4.79 Å². The van der Waals surface area contributed by atoms with Gasteiger partial charge in [-0.05, 0) is 6.42 Å². The van der Waals surface area contributed by atoms with E-state index in [4.69, 9.17) is 15.0 Å². The molecule has 0 aliphatic heterocycles. The molecule has 0 spiro atoms. The van der Waals surface area contributed by atoms with Crippen molar-refractivity contribution < 1.29 is 26.3 Å². The lowest BCUT2D eigenvalue weighted by atomic mass is 10.1. The van der Waals surface area contributed by atoms with Crippen molar-refractivity contribution in [2.45, 2.75) is 6.42 Å². The first kappa shape index (κ1) is 16.8. The van der Waals surface area contributed by atoms with Crippen molar-refractivity contribution in [1.82, 2.24) is 10.4 Å². The summed E-state index contributed by atoms with van der Waals surface area (Å²) in [5, 5.41) is 26.1. The van der Waals surface area contributed by atoms with Crippen molar-refractivity contribution in [2.75, 3.05) is 20.6 Å². The number of hydrogen-bond acceptors (Lipinski definition) is 5. The second-order valence-corrected chi connectivity index (χ2v) is 3.08. The van der Waals surface area contributed by atoms with E-state index >= 15 is 0 Å². The Balaban J connectivity index is -0.000000340. The molecule has 0 aliphatic rings. The highest BCUT2D eigenvalue weighted by atomic mass is 16.6. The minimum atomic E-state index is -1.83. The predicted molar refractivity (Wildman–Crippen MR) is 56.8 cm³/mol. The first-order chi connectivity index (χ1) is 7.31. The molecule has 0 aliphatic carbocycles. The van der Waals surface area contributed by atoms with Gasteiger partial charge in [-0.25, -0.2) is 4.79 Å². The molecule has 1 unspecified atom stereocenters. The zero-order chi connectivity index (χ0) is 13.1. The number of hydrazine groups is 1. The first-order valence-electron chi connectivity index (χ1n) is 4.45. The fourth-order valence-electron chi connectivity index (χ4n) is 0.757. The molecule has 0 heterocycles. The second kappa shape index (κ2) is 9.94. The Hall–Kier alpha value is -1.60. The van der Waals surface area contributed by atoms with Crippen LogP contribution in [0.25, 0.3) is 0 Å². The number of hydrogen-bond donors (Lipinski definition) is 3. The summed E-state index contributed by atoms with van der Waals surface area (Å²) in [5.74, 6) is -1.53. The molecule has 0 bridgehead atoms. The molecule has 0 amide bonds. The van der Waals surface area contributed by atoms with Crippen LogP contribution in [0.1, 0.15) is 7.85 Å². The molecule has 7 heteroatoms. The van der Waals surface area contributed by atoms with Gasteiger partial charge in [-0.3, -0.25) is 10.4 Å². The van der Waals surface area contributed by atoms with Crippen LogP contribution in [0.5, 0.6) is 0 Å². The maximum atomic E-state index is 10.5. The fourth-order valence-corrected chi connectivity index (χ4v) is 0.757. The number of carboxylic acid groups (broad SMARTS) is 3. The fraction of sp³-hybridized carbons (Fsp3) is 0.556. The van der Waals surface area contributed by atoms with E-state index < -0.39 is 18.0 Å². The average molecular weight is 234 g/mol. The molecule has 3 N–H and O–H groups in total. The number of nitrogens with one attached hydrogen (secondary N) is 1. The van der Waals surface area contributed by atoms with Crippen molar-refractivity contribution >= 4 is 12.1 Å². The Bertz CT molecular complexity index is 231. The van der Waals surface area contributed by atoms with Crippen molar-refractivity contribution in [2.24, 2.45) is 5.92 Å². The van der Waals surface area contributed by atoms with Gasteiger partial charge in [0, 0.05) is 32.5 Å². The van der Waals surface area contributed by atoms with Gasteiger partial charge in [-0.15, -0.1) is 6.58 Å². The van der Waals surface area contributed by atoms with E-state index in [0.29, 0.717) is 13.0 Å². The number of carbonyl (C=O) groups is 2. The van der Waals surface area contributed by atoms with Gasteiger partial charge >= 0.3 is 7.58 Å². The number of carbonyl (C=O) groups excluding carboxylic acids is 1.